The first-order valence-electron chi connectivity index (χ1n) is 9.52. The summed E-state index contributed by atoms with van der Waals surface area (Å²) in [5.41, 5.74) is 2.99. The molecular formula is C19H25N7O. The van der Waals surface area contributed by atoms with E-state index in [1.807, 2.05) is 13.1 Å². The molecule has 0 radical (unpaired) electrons. The molecule has 2 aliphatic rings. The third kappa shape index (κ3) is 3.75. The van der Waals surface area contributed by atoms with Crippen molar-refractivity contribution in [3.05, 3.63) is 35.4 Å². The van der Waals surface area contributed by atoms with E-state index in [4.69, 9.17) is 4.98 Å². The van der Waals surface area contributed by atoms with Crippen LogP contribution in [0.25, 0.3) is 0 Å². The normalized spacial score (nSPS) is 17.7. The number of nitrogens with zero attached hydrogens (tertiary/aromatic N) is 7. The van der Waals surface area contributed by atoms with E-state index in [0.717, 1.165) is 51.6 Å². The molecule has 4 heterocycles. The molecule has 1 fully saturated rings. The van der Waals surface area contributed by atoms with Crippen molar-refractivity contribution in [1.82, 2.24) is 24.8 Å². The van der Waals surface area contributed by atoms with Gasteiger partial charge in [0.2, 0.25) is 11.9 Å². The maximum Gasteiger partial charge on any atom is 0.225 e. The number of fused-ring (bicyclic) bond motifs is 1. The molecule has 0 saturated carbocycles. The number of piperazine rings is 1. The lowest BCUT2D eigenvalue weighted by Crippen LogP contribution is -2.47. The molecule has 0 spiro atoms. The van der Waals surface area contributed by atoms with Gasteiger partial charge in [0.15, 0.2) is 5.78 Å². The van der Waals surface area contributed by atoms with Crippen molar-refractivity contribution in [2.24, 2.45) is 0 Å². The number of Topliss-reactive ketones (excluding diaryl/α,β-unsaturated/α-hetero) is 1. The summed E-state index contributed by atoms with van der Waals surface area (Å²) in [6.07, 6.45) is 6.69. The van der Waals surface area contributed by atoms with E-state index < -0.39 is 0 Å². The van der Waals surface area contributed by atoms with Crippen molar-refractivity contribution in [2.75, 3.05) is 49.6 Å². The Bertz CT molecular complexity index is 815. The molecule has 0 bridgehead atoms. The van der Waals surface area contributed by atoms with E-state index >= 15 is 0 Å². The summed E-state index contributed by atoms with van der Waals surface area (Å²) in [5.74, 6) is 1.57. The smallest absolute Gasteiger partial charge is 0.225 e. The predicted octanol–water partition coefficient (Wildman–Crippen LogP) is 1.17. The molecule has 27 heavy (non-hydrogen) atoms. The Kier molecular flexibility index (Phi) is 4.98. The molecule has 2 aliphatic heterocycles. The van der Waals surface area contributed by atoms with Crippen molar-refractivity contribution >= 4 is 17.7 Å². The maximum absolute atomic E-state index is 11.7. The fourth-order valence-electron chi connectivity index (χ4n) is 3.54. The minimum atomic E-state index is 0.0714. The molecule has 0 atom stereocenters. The van der Waals surface area contributed by atoms with Crippen LogP contribution < -0.4 is 9.80 Å². The molecule has 0 N–H and O–H groups in total. The Hall–Kier alpha value is -2.61. The van der Waals surface area contributed by atoms with Crippen LogP contribution in [0.1, 0.15) is 35.0 Å². The highest BCUT2D eigenvalue weighted by Crippen LogP contribution is 2.20. The average molecular weight is 367 g/mol. The number of rotatable bonds is 4. The highest BCUT2D eigenvalue weighted by atomic mass is 16.1. The van der Waals surface area contributed by atoms with Gasteiger partial charge in [-0.15, -0.1) is 0 Å². The summed E-state index contributed by atoms with van der Waals surface area (Å²) in [6, 6.07) is 0. The number of hydrogen-bond donors (Lipinski definition) is 0. The lowest BCUT2D eigenvalue weighted by atomic mass is 10.1. The Balaban J connectivity index is 1.40. The number of aromatic nitrogens is 4. The molecule has 1 saturated heterocycles. The number of carbonyl (C=O) groups is 1. The van der Waals surface area contributed by atoms with E-state index in [0.29, 0.717) is 17.9 Å². The van der Waals surface area contributed by atoms with Crippen molar-refractivity contribution in [1.29, 1.82) is 0 Å². The van der Waals surface area contributed by atoms with Gasteiger partial charge in [0.1, 0.15) is 0 Å². The fourth-order valence-corrected chi connectivity index (χ4v) is 3.54. The number of anilines is 2. The van der Waals surface area contributed by atoms with Gasteiger partial charge in [0.05, 0.1) is 11.3 Å². The summed E-state index contributed by atoms with van der Waals surface area (Å²) in [5, 5.41) is 0. The molecule has 0 unspecified atom stereocenters. The largest absolute Gasteiger partial charge is 0.337 e. The van der Waals surface area contributed by atoms with Crippen LogP contribution >= 0.6 is 0 Å². The monoisotopic (exact) mass is 367 g/mol. The molecule has 8 nitrogen and oxygen atoms in total. The van der Waals surface area contributed by atoms with Crippen LogP contribution in [0.5, 0.6) is 0 Å². The van der Waals surface area contributed by atoms with Gasteiger partial charge in [0, 0.05) is 76.3 Å². The van der Waals surface area contributed by atoms with Crippen molar-refractivity contribution < 1.29 is 4.79 Å². The molecule has 4 rings (SSSR count). The van der Waals surface area contributed by atoms with Gasteiger partial charge in [-0.3, -0.25) is 4.79 Å². The third-order valence-electron chi connectivity index (χ3n) is 5.24. The lowest BCUT2D eigenvalue weighted by molar-refractivity contribution is 0.0987. The van der Waals surface area contributed by atoms with Crippen LogP contribution in [-0.2, 0) is 13.0 Å². The van der Waals surface area contributed by atoms with E-state index in [1.165, 1.54) is 11.3 Å². The molecule has 8 heteroatoms. The van der Waals surface area contributed by atoms with Gasteiger partial charge in [-0.25, -0.2) is 19.9 Å². The van der Waals surface area contributed by atoms with Gasteiger partial charge in [-0.1, -0.05) is 6.92 Å². The van der Waals surface area contributed by atoms with E-state index in [9.17, 15) is 4.79 Å². The summed E-state index contributed by atoms with van der Waals surface area (Å²) >= 11 is 0. The molecular weight excluding hydrogens is 342 g/mol. The van der Waals surface area contributed by atoms with Gasteiger partial charge < -0.3 is 14.7 Å². The van der Waals surface area contributed by atoms with Crippen molar-refractivity contribution in [2.45, 2.75) is 26.3 Å². The zero-order valence-electron chi connectivity index (χ0n) is 15.9. The Labute approximate surface area is 159 Å². The zero-order chi connectivity index (χ0) is 18.8. The lowest BCUT2D eigenvalue weighted by Gasteiger charge is -2.35. The van der Waals surface area contributed by atoms with Gasteiger partial charge in [0.25, 0.3) is 0 Å². The van der Waals surface area contributed by atoms with Crippen LogP contribution in [0.2, 0.25) is 0 Å². The fraction of sp³-hybridized carbons (Fsp3) is 0.526. The second-order valence-electron chi connectivity index (χ2n) is 7.15. The number of likely N-dealkylation sites (N-methyl/N-ethyl adjacent to an activating group) is 1. The highest BCUT2D eigenvalue weighted by molar-refractivity contribution is 5.95. The Morgan fingerprint density at radius 3 is 2.26 bits per heavy atom. The standard InChI is InChI=1S/C19H25N7O/c1-3-17(27)14-10-20-18(21-11-14)25-6-8-26(9-7-25)19-22-12-15-13-24(2)5-4-16(15)23-19/h10-12H,3-9,13H2,1-2H3. The van der Waals surface area contributed by atoms with Crippen LogP contribution in [0.3, 0.4) is 0 Å². The first-order chi connectivity index (χ1) is 13.1. The van der Waals surface area contributed by atoms with Crippen LogP contribution in [0, 0.1) is 0 Å². The van der Waals surface area contributed by atoms with Gasteiger partial charge in [-0.2, -0.15) is 0 Å². The molecule has 0 aliphatic carbocycles. The second kappa shape index (κ2) is 7.56. The third-order valence-corrected chi connectivity index (χ3v) is 5.24. The van der Waals surface area contributed by atoms with E-state index in [1.54, 1.807) is 12.4 Å². The summed E-state index contributed by atoms with van der Waals surface area (Å²) in [6.45, 7) is 7.10. The van der Waals surface area contributed by atoms with Gasteiger partial charge >= 0.3 is 0 Å². The Morgan fingerprint density at radius 1 is 0.963 bits per heavy atom. The second-order valence-corrected chi connectivity index (χ2v) is 7.15. The number of carbonyl (C=O) groups excluding carboxylic acids is 1. The molecule has 0 amide bonds. The van der Waals surface area contributed by atoms with Crippen LogP contribution in [-0.4, -0.2) is 70.4 Å². The highest BCUT2D eigenvalue weighted by Gasteiger charge is 2.23. The summed E-state index contributed by atoms with van der Waals surface area (Å²) in [7, 11) is 2.13. The van der Waals surface area contributed by atoms with Crippen molar-refractivity contribution in [3.63, 3.8) is 0 Å². The first kappa shape index (κ1) is 17.8. The Morgan fingerprint density at radius 2 is 1.59 bits per heavy atom. The summed E-state index contributed by atoms with van der Waals surface area (Å²) < 4.78 is 0. The average Bonchev–Trinajstić information content (AvgIpc) is 2.73. The SMILES string of the molecule is CCC(=O)c1cnc(N2CCN(c3ncc4c(n3)CCN(C)C4)CC2)nc1. The predicted molar refractivity (Wildman–Crippen MR) is 103 cm³/mol. The first-order valence-corrected chi connectivity index (χ1v) is 9.52. The quantitative estimate of drug-likeness (QED) is 0.746. The van der Waals surface area contributed by atoms with Gasteiger partial charge in [-0.05, 0) is 7.05 Å². The summed E-state index contributed by atoms with van der Waals surface area (Å²) in [4.78, 5) is 36.5. The van der Waals surface area contributed by atoms with E-state index in [-0.39, 0.29) is 5.78 Å². The minimum absolute atomic E-state index is 0.0714. The van der Waals surface area contributed by atoms with Crippen LogP contribution in [0.4, 0.5) is 11.9 Å². The molecule has 142 valence electrons. The van der Waals surface area contributed by atoms with E-state index in [2.05, 4.69) is 36.7 Å². The molecule has 2 aromatic rings. The van der Waals surface area contributed by atoms with Crippen molar-refractivity contribution in [3.8, 4) is 0 Å². The van der Waals surface area contributed by atoms with Crippen LogP contribution in [0.15, 0.2) is 18.6 Å². The minimum Gasteiger partial charge on any atom is -0.337 e. The number of hydrogen-bond acceptors (Lipinski definition) is 8. The molecule has 2 aromatic heterocycles. The topological polar surface area (TPSA) is 78.4 Å². The maximum atomic E-state index is 11.7. The molecule has 0 aromatic carbocycles. The number of ketones is 1. The zero-order valence-corrected chi connectivity index (χ0v) is 15.9.